The molecular formula is C15H16F2N2O2. The molecule has 1 atom stereocenters. The Balaban J connectivity index is 2.56. The Hall–Kier alpha value is -2.18. The molecule has 21 heavy (non-hydrogen) atoms. The van der Waals surface area contributed by atoms with Gasteiger partial charge in [0.25, 0.3) is 0 Å². The van der Waals surface area contributed by atoms with E-state index in [0.717, 1.165) is 0 Å². The predicted octanol–water partition coefficient (Wildman–Crippen LogP) is 2.53. The lowest BCUT2D eigenvalue weighted by Gasteiger charge is -2.21. The second kappa shape index (κ2) is 6.51. The quantitative estimate of drug-likeness (QED) is 0.657. The molecule has 0 aliphatic carbocycles. The van der Waals surface area contributed by atoms with E-state index in [0.29, 0.717) is 17.1 Å². The van der Waals surface area contributed by atoms with Gasteiger partial charge in [-0.1, -0.05) is 6.07 Å². The number of ether oxygens (including phenoxy) is 2. The first-order chi connectivity index (χ1) is 10.1. The van der Waals surface area contributed by atoms with Gasteiger partial charge in [-0.2, -0.15) is 0 Å². The largest absolute Gasteiger partial charge is 0.497 e. The van der Waals surface area contributed by atoms with Gasteiger partial charge in [0, 0.05) is 17.2 Å². The highest BCUT2D eigenvalue weighted by Gasteiger charge is 2.24. The molecule has 6 heteroatoms. The van der Waals surface area contributed by atoms with Crippen LogP contribution in [0, 0.1) is 11.6 Å². The first-order valence-corrected chi connectivity index (χ1v) is 6.24. The Labute approximate surface area is 121 Å². The number of nitrogens with two attached hydrogens (primary N) is 1. The van der Waals surface area contributed by atoms with Crippen LogP contribution >= 0.6 is 0 Å². The zero-order valence-corrected chi connectivity index (χ0v) is 11.7. The van der Waals surface area contributed by atoms with E-state index in [1.54, 1.807) is 18.2 Å². The topological polar surface area (TPSA) is 56.5 Å². The normalized spacial score (nSPS) is 12.0. The average molecular weight is 294 g/mol. The minimum absolute atomic E-state index is 0.163. The van der Waals surface area contributed by atoms with E-state index < -0.39 is 17.7 Å². The fourth-order valence-corrected chi connectivity index (χ4v) is 2.17. The van der Waals surface area contributed by atoms with E-state index in [1.807, 2.05) is 0 Å². The van der Waals surface area contributed by atoms with Gasteiger partial charge in [-0.05, 0) is 24.3 Å². The van der Waals surface area contributed by atoms with Crippen LogP contribution in [0.3, 0.4) is 0 Å². The first kappa shape index (κ1) is 15.2. The second-order valence-corrected chi connectivity index (χ2v) is 4.34. The number of hydrogen-bond donors (Lipinski definition) is 2. The Bertz CT molecular complexity index is 615. The highest BCUT2D eigenvalue weighted by molar-refractivity contribution is 5.46. The van der Waals surface area contributed by atoms with Crippen molar-refractivity contribution < 1.29 is 18.3 Å². The maximum absolute atomic E-state index is 14.0. The monoisotopic (exact) mass is 294 g/mol. The Morgan fingerprint density at radius 2 is 1.71 bits per heavy atom. The second-order valence-electron chi connectivity index (χ2n) is 4.34. The molecule has 0 aromatic heterocycles. The van der Waals surface area contributed by atoms with E-state index in [2.05, 4.69) is 5.43 Å². The van der Waals surface area contributed by atoms with Gasteiger partial charge in [0.05, 0.1) is 20.3 Å². The maximum Gasteiger partial charge on any atom is 0.131 e. The Morgan fingerprint density at radius 3 is 2.24 bits per heavy atom. The number of hydrogen-bond acceptors (Lipinski definition) is 4. The maximum atomic E-state index is 14.0. The molecule has 0 heterocycles. The summed E-state index contributed by atoms with van der Waals surface area (Å²) in [7, 11) is 2.98. The number of benzene rings is 2. The van der Waals surface area contributed by atoms with E-state index >= 15 is 0 Å². The fourth-order valence-electron chi connectivity index (χ4n) is 2.17. The van der Waals surface area contributed by atoms with Crippen molar-refractivity contribution in [2.45, 2.75) is 6.04 Å². The van der Waals surface area contributed by atoms with Crippen LogP contribution in [-0.4, -0.2) is 14.2 Å². The summed E-state index contributed by atoms with van der Waals surface area (Å²) in [6.45, 7) is 0. The number of hydrazine groups is 1. The molecule has 0 aliphatic rings. The molecule has 0 spiro atoms. The zero-order chi connectivity index (χ0) is 15.4. The van der Waals surface area contributed by atoms with Crippen LogP contribution in [0.2, 0.25) is 0 Å². The molecular weight excluding hydrogens is 278 g/mol. The van der Waals surface area contributed by atoms with Crippen LogP contribution in [0.25, 0.3) is 0 Å². The minimum Gasteiger partial charge on any atom is -0.497 e. The Morgan fingerprint density at radius 1 is 1.05 bits per heavy atom. The van der Waals surface area contributed by atoms with Crippen LogP contribution < -0.4 is 20.7 Å². The van der Waals surface area contributed by atoms with Crippen molar-refractivity contribution in [2.75, 3.05) is 14.2 Å². The third kappa shape index (κ3) is 2.96. The number of halogens is 2. The summed E-state index contributed by atoms with van der Waals surface area (Å²) in [5, 5.41) is 0. The molecule has 0 fully saturated rings. The van der Waals surface area contributed by atoms with Gasteiger partial charge in [0.1, 0.15) is 23.1 Å². The summed E-state index contributed by atoms with van der Waals surface area (Å²) in [4.78, 5) is 0. The van der Waals surface area contributed by atoms with Gasteiger partial charge >= 0.3 is 0 Å². The lowest BCUT2D eigenvalue weighted by atomic mass is 9.97. The number of methoxy groups -OCH3 is 2. The average Bonchev–Trinajstić information content (AvgIpc) is 2.50. The molecule has 2 rings (SSSR count). The molecule has 2 aromatic rings. The van der Waals surface area contributed by atoms with Gasteiger partial charge < -0.3 is 9.47 Å². The van der Waals surface area contributed by atoms with Crippen LogP contribution in [0.5, 0.6) is 11.5 Å². The zero-order valence-electron chi connectivity index (χ0n) is 11.7. The van der Waals surface area contributed by atoms with Crippen molar-refractivity contribution in [3.63, 3.8) is 0 Å². The lowest BCUT2D eigenvalue weighted by Crippen LogP contribution is -2.30. The summed E-state index contributed by atoms with van der Waals surface area (Å²) in [6, 6.07) is 7.71. The van der Waals surface area contributed by atoms with E-state index in [9.17, 15) is 8.78 Å². The molecule has 0 saturated heterocycles. The molecule has 0 amide bonds. The van der Waals surface area contributed by atoms with Crippen molar-refractivity contribution in [3.05, 3.63) is 59.2 Å². The molecule has 4 nitrogen and oxygen atoms in total. The van der Waals surface area contributed by atoms with Gasteiger partial charge in [0.2, 0.25) is 0 Å². The molecule has 3 N–H and O–H groups in total. The predicted molar refractivity (Wildman–Crippen MR) is 75.1 cm³/mol. The highest BCUT2D eigenvalue weighted by Crippen LogP contribution is 2.34. The van der Waals surface area contributed by atoms with Gasteiger partial charge in [-0.15, -0.1) is 0 Å². The molecule has 0 aliphatic heterocycles. The van der Waals surface area contributed by atoms with Crippen molar-refractivity contribution in [1.29, 1.82) is 0 Å². The van der Waals surface area contributed by atoms with Crippen LogP contribution in [0.4, 0.5) is 8.78 Å². The third-order valence-corrected chi connectivity index (χ3v) is 3.21. The van der Waals surface area contributed by atoms with E-state index in [-0.39, 0.29) is 5.56 Å². The molecule has 0 bridgehead atoms. The summed E-state index contributed by atoms with van der Waals surface area (Å²) in [5.74, 6) is 5.12. The van der Waals surface area contributed by atoms with Gasteiger partial charge in [0.15, 0.2) is 0 Å². The molecule has 0 saturated carbocycles. The van der Waals surface area contributed by atoms with Gasteiger partial charge in [-0.25, -0.2) is 14.2 Å². The third-order valence-electron chi connectivity index (χ3n) is 3.21. The molecule has 1 unspecified atom stereocenters. The fraction of sp³-hybridized carbons (Fsp3) is 0.200. The summed E-state index contributed by atoms with van der Waals surface area (Å²) >= 11 is 0. The highest BCUT2D eigenvalue weighted by atomic mass is 19.1. The van der Waals surface area contributed by atoms with E-state index in [4.69, 9.17) is 15.3 Å². The summed E-state index contributed by atoms with van der Waals surface area (Å²) in [6.07, 6.45) is 0. The molecule has 0 radical (unpaired) electrons. The van der Waals surface area contributed by atoms with E-state index in [1.165, 1.54) is 32.4 Å². The standard InChI is InChI=1S/C15H16F2N2O2/c1-20-9-6-7-10(13(8-9)21-2)15(19-18)14-11(16)4-3-5-12(14)17/h3-8,15,19H,18H2,1-2H3. The lowest BCUT2D eigenvalue weighted by molar-refractivity contribution is 0.386. The van der Waals surface area contributed by atoms with Gasteiger partial charge in [-0.3, -0.25) is 5.84 Å². The van der Waals surface area contributed by atoms with Crippen LogP contribution in [0.1, 0.15) is 17.2 Å². The van der Waals surface area contributed by atoms with Crippen molar-refractivity contribution in [2.24, 2.45) is 5.84 Å². The van der Waals surface area contributed by atoms with Crippen LogP contribution in [-0.2, 0) is 0 Å². The van der Waals surface area contributed by atoms with Crippen molar-refractivity contribution in [1.82, 2.24) is 5.43 Å². The Kier molecular flexibility index (Phi) is 4.72. The summed E-state index contributed by atoms with van der Waals surface area (Å²) in [5.41, 5.74) is 2.77. The SMILES string of the molecule is COc1ccc(C(NN)c2c(F)cccc2F)c(OC)c1. The number of rotatable bonds is 5. The molecule has 112 valence electrons. The summed E-state index contributed by atoms with van der Waals surface area (Å²) < 4.78 is 38.3. The van der Waals surface area contributed by atoms with Crippen molar-refractivity contribution >= 4 is 0 Å². The van der Waals surface area contributed by atoms with Crippen molar-refractivity contribution in [3.8, 4) is 11.5 Å². The smallest absolute Gasteiger partial charge is 0.131 e. The van der Waals surface area contributed by atoms with Crippen LogP contribution in [0.15, 0.2) is 36.4 Å². The first-order valence-electron chi connectivity index (χ1n) is 6.24. The minimum atomic E-state index is -0.882. The molecule has 2 aromatic carbocycles. The number of nitrogens with one attached hydrogen (secondary N) is 1.